The number of aryl methyl sites for hydroxylation is 1. The fourth-order valence-corrected chi connectivity index (χ4v) is 9.75. The second-order valence-electron chi connectivity index (χ2n) is 22.4. The lowest BCUT2D eigenvalue weighted by molar-refractivity contribution is -0.144. The van der Waals surface area contributed by atoms with Gasteiger partial charge in [0.25, 0.3) is 0 Å². The molecule has 0 bridgehead atoms. The van der Waals surface area contributed by atoms with Crippen LogP contribution >= 0.6 is 0 Å². The Morgan fingerprint density at radius 2 is 1.07 bits per heavy atom. The van der Waals surface area contributed by atoms with E-state index in [2.05, 4.69) is 32.8 Å². The molecule has 0 spiro atoms. The molecule has 1 saturated carbocycles. The smallest absolute Gasteiger partial charge is 0.326 e. The van der Waals surface area contributed by atoms with Crippen molar-refractivity contribution in [2.45, 2.75) is 238 Å². The Hall–Kier alpha value is -5.12. The van der Waals surface area contributed by atoms with Gasteiger partial charge in [-0.1, -0.05) is 129 Å². The number of ether oxygens (including phenoxy) is 4. The van der Waals surface area contributed by atoms with Gasteiger partial charge in [-0.2, -0.15) is 0 Å². The van der Waals surface area contributed by atoms with Crippen molar-refractivity contribution >= 4 is 53.0 Å². The topological polar surface area (TPSA) is 316 Å². The summed E-state index contributed by atoms with van der Waals surface area (Å²) in [7, 11) is 0. The second kappa shape index (κ2) is 52.4. The fraction of sp³-hybridized carbons (Fsp3) is 0.806. The first-order valence-corrected chi connectivity index (χ1v) is 31.4. The molecule has 3 amide bonds. The SMILES string of the molecule is CC(=O)NC(CCC(=O)CCCOCCOCC(=O)NCCOCCOCC(=O)NCCCC[C@H](CC(=O)CCc1cnc[nH]1)C(=O)O)C(=O)O.CC1CCC(CCC(=O)CCCCCCCCCCCCCCCCCCC(=O)O)CC1.[HH]. The number of aliphatic carboxylic acids is 3. The molecular weight excluding hydrogens is 1070 g/mol. The highest BCUT2D eigenvalue weighted by atomic mass is 16.5. The van der Waals surface area contributed by atoms with Gasteiger partial charge in [0.15, 0.2) is 0 Å². The number of hydrogen-bond acceptors (Lipinski definition) is 14. The number of ketones is 3. The Balaban J connectivity index is 0.00000179. The molecular formula is C62H109N5O16. The number of carbonyl (C=O) groups excluding carboxylic acids is 6. The van der Waals surface area contributed by atoms with Crippen LogP contribution in [0, 0.1) is 17.8 Å². The fourth-order valence-electron chi connectivity index (χ4n) is 9.75. The predicted molar refractivity (Wildman–Crippen MR) is 318 cm³/mol. The molecule has 1 aliphatic rings. The number of aromatic nitrogens is 2. The molecule has 0 aromatic carbocycles. The quantitative estimate of drug-likeness (QED) is 0.0298. The maximum atomic E-state index is 12.2. The molecule has 21 heteroatoms. The van der Waals surface area contributed by atoms with Crippen molar-refractivity contribution in [3.63, 3.8) is 0 Å². The first kappa shape index (κ1) is 75.9. The van der Waals surface area contributed by atoms with Crippen molar-refractivity contribution in [2.24, 2.45) is 17.8 Å². The first-order valence-electron chi connectivity index (χ1n) is 31.4. The molecule has 1 aromatic heterocycles. The molecule has 0 saturated heterocycles. The number of carboxylic acid groups (broad SMARTS) is 3. The first-order chi connectivity index (χ1) is 40.0. The average molecular weight is 1180 g/mol. The Kier molecular flexibility index (Phi) is 47.9. The van der Waals surface area contributed by atoms with Crippen LogP contribution in [0.5, 0.6) is 0 Å². The lowest BCUT2D eigenvalue weighted by atomic mass is 9.80. The Morgan fingerprint density at radius 3 is 1.60 bits per heavy atom. The van der Waals surface area contributed by atoms with E-state index in [0.29, 0.717) is 57.5 Å². The zero-order valence-corrected chi connectivity index (χ0v) is 50.7. The van der Waals surface area contributed by atoms with Crippen LogP contribution in [-0.4, -0.2) is 150 Å². The van der Waals surface area contributed by atoms with Gasteiger partial charge in [-0.15, -0.1) is 0 Å². The minimum atomic E-state index is -1.19. The third kappa shape index (κ3) is 48.9. The van der Waals surface area contributed by atoms with Gasteiger partial charge in [-0.3, -0.25) is 38.4 Å². The molecule has 1 heterocycles. The van der Waals surface area contributed by atoms with Gasteiger partial charge in [-0.25, -0.2) is 9.78 Å². The summed E-state index contributed by atoms with van der Waals surface area (Å²) in [6, 6.07) is -1.09. The molecule has 2 atom stereocenters. The highest BCUT2D eigenvalue weighted by Crippen LogP contribution is 2.31. The number of nitrogens with zero attached hydrogens (tertiary/aromatic N) is 1. The number of hydrogen-bond donors (Lipinski definition) is 7. The molecule has 1 unspecified atom stereocenters. The van der Waals surface area contributed by atoms with E-state index in [1.807, 2.05) is 0 Å². The number of aromatic amines is 1. The summed E-state index contributed by atoms with van der Waals surface area (Å²) in [5.41, 5.74) is 0.825. The molecule has 0 radical (unpaired) electrons. The van der Waals surface area contributed by atoms with Crippen LogP contribution in [0.1, 0.15) is 233 Å². The van der Waals surface area contributed by atoms with Gasteiger partial charge >= 0.3 is 17.9 Å². The number of amides is 3. The number of Topliss-reactive ketones (excluding diaryl/α,β-unsaturated/α-hetero) is 3. The van der Waals surface area contributed by atoms with E-state index in [-0.39, 0.29) is 110 Å². The number of H-pyrrole nitrogens is 1. The standard InChI is InChI=1S/C33H53N5O13.C29H54O3.H2/c1-24(39)38-29(33(46)47)10-9-27(40)6-4-13-48-15-17-50-22-31(43)36-12-14-49-16-18-51-21-30(42)35-11-3-2-5-25(32(44)45)19-28(41)8-7-26-20-34-23-37-26;1-26-20-22-27(23-21-26)24-25-28(30)18-16-14-12-10-8-6-4-2-3-5-7-9-11-13-15-17-19-29(31)32;/h20,23,25,29H,2-19,21-22H2,1H3,(H,34,37)(H,35,42)(H,36,43)(H,38,39)(H,44,45)(H,46,47);26-27H,2-25H2,1H3,(H,31,32);1H/t25-,29?;;/m1../s1. The van der Waals surface area contributed by atoms with Gasteiger partial charge in [-0.05, 0) is 63.2 Å². The summed E-state index contributed by atoms with van der Waals surface area (Å²) in [4.78, 5) is 111. The van der Waals surface area contributed by atoms with Crippen LogP contribution in [0.3, 0.4) is 0 Å². The monoisotopic (exact) mass is 1180 g/mol. The largest absolute Gasteiger partial charge is 0.481 e. The highest BCUT2D eigenvalue weighted by molar-refractivity contribution is 5.84. The van der Waals surface area contributed by atoms with E-state index in [1.54, 1.807) is 6.20 Å². The summed E-state index contributed by atoms with van der Waals surface area (Å²) in [6.45, 7) is 5.24. The molecule has 21 nitrogen and oxygen atoms in total. The maximum Gasteiger partial charge on any atom is 0.326 e. The highest BCUT2D eigenvalue weighted by Gasteiger charge is 2.22. The van der Waals surface area contributed by atoms with E-state index in [4.69, 9.17) is 29.2 Å². The lowest BCUT2D eigenvalue weighted by Crippen LogP contribution is -2.39. The third-order valence-electron chi connectivity index (χ3n) is 14.8. The van der Waals surface area contributed by atoms with Crippen LogP contribution in [0.25, 0.3) is 0 Å². The van der Waals surface area contributed by atoms with Crippen LogP contribution in [0.2, 0.25) is 0 Å². The Morgan fingerprint density at radius 1 is 0.554 bits per heavy atom. The predicted octanol–water partition coefficient (Wildman–Crippen LogP) is 9.70. The second-order valence-corrected chi connectivity index (χ2v) is 22.4. The molecule has 1 aliphatic carbocycles. The van der Waals surface area contributed by atoms with E-state index in [1.165, 1.54) is 122 Å². The molecule has 83 heavy (non-hydrogen) atoms. The normalized spacial score (nSPS) is 14.6. The summed E-state index contributed by atoms with van der Waals surface area (Å²) < 4.78 is 21.2. The van der Waals surface area contributed by atoms with Gasteiger partial charge in [0.2, 0.25) is 17.7 Å². The molecule has 0 aliphatic heterocycles. The van der Waals surface area contributed by atoms with Crippen molar-refractivity contribution in [1.29, 1.82) is 0 Å². The van der Waals surface area contributed by atoms with Crippen molar-refractivity contribution < 1.29 is 78.8 Å². The lowest BCUT2D eigenvalue weighted by Gasteiger charge is -2.25. The zero-order valence-electron chi connectivity index (χ0n) is 50.7. The Bertz CT molecular complexity index is 1900. The molecule has 1 fully saturated rings. The van der Waals surface area contributed by atoms with Crippen molar-refractivity contribution in [1.82, 2.24) is 25.9 Å². The number of imidazole rings is 1. The summed E-state index contributed by atoms with van der Waals surface area (Å²) in [5, 5.41) is 34.7. The average Bonchev–Trinajstić information content (AvgIpc) is 4.00. The molecule has 2 rings (SSSR count). The summed E-state index contributed by atoms with van der Waals surface area (Å²) in [5.74, 6) is -2.70. The number of unbranched alkanes of at least 4 members (excludes halogenated alkanes) is 16. The van der Waals surface area contributed by atoms with Crippen LogP contribution in [0.4, 0.5) is 0 Å². The van der Waals surface area contributed by atoms with E-state index >= 15 is 0 Å². The molecule has 1 aromatic rings. The molecule has 7 N–H and O–H groups in total. The van der Waals surface area contributed by atoms with Crippen LogP contribution < -0.4 is 16.0 Å². The maximum absolute atomic E-state index is 12.2. The van der Waals surface area contributed by atoms with Crippen molar-refractivity contribution in [3.8, 4) is 0 Å². The summed E-state index contributed by atoms with van der Waals surface area (Å²) in [6.07, 6.45) is 35.0. The van der Waals surface area contributed by atoms with Gasteiger partial charge in [0.1, 0.15) is 36.6 Å². The van der Waals surface area contributed by atoms with Gasteiger partial charge in [0.05, 0.1) is 45.3 Å². The minimum Gasteiger partial charge on any atom is -0.481 e. The van der Waals surface area contributed by atoms with E-state index in [0.717, 1.165) is 56.1 Å². The van der Waals surface area contributed by atoms with Crippen molar-refractivity contribution in [2.75, 3.05) is 65.9 Å². The van der Waals surface area contributed by atoms with Crippen LogP contribution in [-0.2, 0) is 68.5 Å². The number of nitrogens with one attached hydrogen (secondary N) is 4. The zero-order chi connectivity index (χ0) is 61.0. The third-order valence-corrected chi connectivity index (χ3v) is 14.8. The number of carboxylic acids is 3. The molecule has 478 valence electrons. The van der Waals surface area contributed by atoms with E-state index < -0.39 is 35.8 Å². The Labute approximate surface area is 496 Å². The van der Waals surface area contributed by atoms with Crippen LogP contribution in [0.15, 0.2) is 12.5 Å². The van der Waals surface area contributed by atoms with Gasteiger partial charge in [0, 0.05) is 84.9 Å². The number of carbonyl (C=O) groups is 9. The van der Waals surface area contributed by atoms with E-state index in [9.17, 15) is 48.3 Å². The van der Waals surface area contributed by atoms with Gasteiger partial charge < -0.3 is 55.2 Å². The van der Waals surface area contributed by atoms with Crippen molar-refractivity contribution in [3.05, 3.63) is 18.2 Å². The number of rotatable bonds is 55. The minimum absolute atomic E-state index is 0. The summed E-state index contributed by atoms with van der Waals surface area (Å²) >= 11 is 0.